The molecule has 156 valence electrons. The fraction of sp³-hybridized carbons (Fsp3) is 1.00. The van der Waals surface area contributed by atoms with Crippen LogP contribution in [-0.2, 0) is 18.9 Å². The largest absolute Gasteiger partial charge is 0.394 e. The highest BCUT2D eigenvalue weighted by molar-refractivity contribution is 4.91. The summed E-state index contributed by atoms with van der Waals surface area (Å²) in [5.41, 5.74) is 0. The molecule has 0 saturated carbocycles. The Kier molecular flexibility index (Phi) is 8.12. The second-order valence-corrected chi connectivity index (χ2v) is 6.42. The molecule has 2 aliphatic rings. The lowest BCUT2D eigenvalue weighted by molar-refractivity contribution is -0.331. The van der Waals surface area contributed by atoms with Crippen LogP contribution in [0.3, 0.4) is 0 Å². The molecule has 2 heterocycles. The normalized spacial score (nSPS) is 47.1. The van der Waals surface area contributed by atoms with E-state index in [4.69, 9.17) is 24.1 Å². The molecule has 26 heavy (non-hydrogen) atoms. The van der Waals surface area contributed by atoms with E-state index in [0.29, 0.717) is 6.42 Å². The third kappa shape index (κ3) is 4.69. The lowest BCUT2D eigenvalue weighted by Gasteiger charge is -2.42. The molecule has 0 spiro atoms. The summed E-state index contributed by atoms with van der Waals surface area (Å²) in [5.74, 6) is 0. The Bertz CT molecular complexity index is 429. The smallest absolute Gasteiger partial charge is 0.186 e. The number of aliphatic hydroxyl groups is 7. The molecule has 0 aliphatic carbocycles. The first-order valence-electron chi connectivity index (χ1n) is 8.55. The van der Waals surface area contributed by atoms with Crippen LogP contribution in [-0.4, -0.2) is 117 Å². The van der Waals surface area contributed by atoms with E-state index in [9.17, 15) is 30.6 Å². The first kappa shape index (κ1) is 21.9. The summed E-state index contributed by atoms with van der Waals surface area (Å²) in [6.45, 7) is 1.13. The Morgan fingerprint density at radius 3 is 1.77 bits per heavy atom. The van der Waals surface area contributed by atoms with Crippen molar-refractivity contribution in [3.8, 4) is 0 Å². The topological polar surface area (TPSA) is 179 Å². The Labute approximate surface area is 151 Å². The van der Waals surface area contributed by atoms with E-state index in [2.05, 4.69) is 0 Å². The van der Waals surface area contributed by atoms with Gasteiger partial charge in [-0.1, -0.05) is 6.92 Å². The number of rotatable bonds is 7. The van der Waals surface area contributed by atoms with Crippen LogP contribution in [0.25, 0.3) is 0 Å². The highest BCUT2D eigenvalue weighted by Crippen LogP contribution is 2.25. The molecule has 11 heteroatoms. The summed E-state index contributed by atoms with van der Waals surface area (Å²) in [6, 6.07) is 0. The van der Waals surface area contributed by atoms with Gasteiger partial charge >= 0.3 is 0 Å². The molecule has 0 bridgehead atoms. The average molecular weight is 386 g/mol. The standard InChI is InChI=1S/C15H28O11.H2/c1-2-3-23-14-12(21)11(20)9(18)7(26-14)5-24-15-13(22)10(19)8(17)6(4-16)25-15;/h6-22H,2-5H2,1H3;1H. The zero-order chi connectivity index (χ0) is 19.4. The van der Waals surface area contributed by atoms with E-state index in [-0.39, 0.29) is 14.6 Å². The van der Waals surface area contributed by atoms with E-state index in [0.717, 1.165) is 0 Å². The molecular weight excluding hydrogens is 356 g/mol. The van der Waals surface area contributed by atoms with Gasteiger partial charge in [-0.15, -0.1) is 0 Å². The van der Waals surface area contributed by atoms with Crippen molar-refractivity contribution in [1.82, 2.24) is 0 Å². The second-order valence-electron chi connectivity index (χ2n) is 6.42. The Morgan fingerprint density at radius 1 is 0.731 bits per heavy atom. The molecule has 0 aromatic carbocycles. The van der Waals surface area contributed by atoms with Gasteiger partial charge in [0, 0.05) is 8.03 Å². The van der Waals surface area contributed by atoms with Crippen molar-refractivity contribution < 1.29 is 56.1 Å². The van der Waals surface area contributed by atoms with Crippen LogP contribution in [0.4, 0.5) is 0 Å². The highest BCUT2D eigenvalue weighted by Gasteiger charge is 2.47. The number of ether oxygens (including phenoxy) is 4. The summed E-state index contributed by atoms with van der Waals surface area (Å²) >= 11 is 0. The first-order chi connectivity index (χ1) is 12.3. The zero-order valence-corrected chi connectivity index (χ0v) is 14.4. The van der Waals surface area contributed by atoms with Crippen molar-refractivity contribution in [1.29, 1.82) is 0 Å². The van der Waals surface area contributed by atoms with Crippen molar-refractivity contribution in [2.45, 2.75) is 74.8 Å². The van der Waals surface area contributed by atoms with Crippen molar-refractivity contribution in [3.05, 3.63) is 0 Å². The maximum Gasteiger partial charge on any atom is 0.186 e. The van der Waals surface area contributed by atoms with Gasteiger partial charge in [-0.2, -0.15) is 0 Å². The van der Waals surface area contributed by atoms with Crippen LogP contribution < -0.4 is 0 Å². The van der Waals surface area contributed by atoms with Crippen LogP contribution >= 0.6 is 0 Å². The minimum Gasteiger partial charge on any atom is -0.394 e. The summed E-state index contributed by atoms with van der Waals surface area (Å²) < 4.78 is 21.2. The number of aliphatic hydroxyl groups excluding tert-OH is 7. The molecule has 11 nitrogen and oxygen atoms in total. The summed E-state index contributed by atoms with van der Waals surface area (Å²) in [5, 5.41) is 68.4. The lowest BCUT2D eigenvalue weighted by Crippen LogP contribution is -2.61. The molecule has 2 saturated heterocycles. The Balaban J connectivity index is 0.00000364. The van der Waals surface area contributed by atoms with Gasteiger partial charge in [0.2, 0.25) is 0 Å². The van der Waals surface area contributed by atoms with Gasteiger partial charge in [-0.25, -0.2) is 0 Å². The van der Waals surface area contributed by atoms with Crippen LogP contribution in [0, 0.1) is 0 Å². The SMILES string of the molecule is CCCOC1OC(COC2OC(CO)C(O)C(O)C2O)C(O)C(O)C1O.[HH]. The van der Waals surface area contributed by atoms with Gasteiger partial charge < -0.3 is 54.7 Å². The Morgan fingerprint density at radius 2 is 1.23 bits per heavy atom. The van der Waals surface area contributed by atoms with Crippen LogP contribution in [0.5, 0.6) is 0 Å². The molecule has 2 aliphatic heterocycles. The van der Waals surface area contributed by atoms with E-state index in [1.807, 2.05) is 6.92 Å². The predicted molar refractivity (Wildman–Crippen MR) is 84.8 cm³/mol. The summed E-state index contributed by atoms with van der Waals surface area (Å²) in [7, 11) is 0. The van der Waals surface area contributed by atoms with Crippen molar-refractivity contribution >= 4 is 0 Å². The average Bonchev–Trinajstić information content (AvgIpc) is 2.64. The Hall–Kier alpha value is -0.440. The van der Waals surface area contributed by atoms with Gasteiger partial charge in [0.25, 0.3) is 0 Å². The van der Waals surface area contributed by atoms with Crippen molar-refractivity contribution in [2.24, 2.45) is 0 Å². The molecule has 0 aromatic rings. The maximum absolute atomic E-state index is 10.0. The van der Waals surface area contributed by atoms with E-state index in [1.54, 1.807) is 0 Å². The minimum atomic E-state index is -1.60. The zero-order valence-electron chi connectivity index (χ0n) is 14.4. The van der Waals surface area contributed by atoms with E-state index in [1.165, 1.54) is 0 Å². The fourth-order valence-electron chi connectivity index (χ4n) is 2.82. The van der Waals surface area contributed by atoms with Gasteiger partial charge in [0.05, 0.1) is 13.2 Å². The monoisotopic (exact) mass is 386 g/mol. The maximum atomic E-state index is 10.0. The van der Waals surface area contributed by atoms with Crippen LogP contribution in [0.15, 0.2) is 0 Å². The molecule has 0 amide bonds. The molecule has 2 fully saturated rings. The molecule has 0 aromatic heterocycles. The van der Waals surface area contributed by atoms with Gasteiger partial charge in [0.1, 0.15) is 48.8 Å². The molecule has 10 unspecified atom stereocenters. The third-order valence-electron chi connectivity index (χ3n) is 4.43. The van der Waals surface area contributed by atoms with Gasteiger partial charge in [-0.3, -0.25) is 0 Å². The quantitative estimate of drug-likeness (QED) is 0.229. The molecule has 0 radical (unpaired) electrons. The molecule has 2 rings (SSSR count). The highest BCUT2D eigenvalue weighted by atomic mass is 16.7. The first-order valence-corrected chi connectivity index (χ1v) is 8.55. The number of hydrogen-bond acceptors (Lipinski definition) is 11. The van der Waals surface area contributed by atoms with E-state index >= 15 is 0 Å². The summed E-state index contributed by atoms with van der Waals surface area (Å²) in [4.78, 5) is 0. The molecule has 7 N–H and O–H groups in total. The lowest BCUT2D eigenvalue weighted by atomic mass is 9.98. The van der Waals surface area contributed by atoms with Crippen LogP contribution in [0.2, 0.25) is 0 Å². The summed E-state index contributed by atoms with van der Waals surface area (Å²) in [6.07, 6.45) is -13.4. The second kappa shape index (κ2) is 9.66. The predicted octanol–water partition coefficient (Wildman–Crippen LogP) is -3.72. The minimum absolute atomic E-state index is 0. The van der Waals surface area contributed by atoms with Crippen LogP contribution in [0.1, 0.15) is 14.8 Å². The third-order valence-corrected chi connectivity index (χ3v) is 4.43. The van der Waals surface area contributed by atoms with Crippen molar-refractivity contribution in [2.75, 3.05) is 19.8 Å². The van der Waals surface area contributed by atoms with Crippen molar-refractivity contribution in [3.63, 3.8) is 0 Å². The van der Waals surface area contributed by atoms with Gasteiger partial charge in [-0.05, 0) is 6.42 Å². The number of hydrogen-bond donors (Lipinski definition) is 7. The fourth-order valence-corrected chi connectivity index (χ4v) is 2.82. The van der Waals surface area contributed by atoms with E-state index < -0.39 is 68.0 Å². The molecule has 10 atom stereocenters. The van der Waals surface area contributed by atoms with Gasteiger partial charge in [0.15, 0.2) is 12.6 Å². The molecular formula is C15H30O11.